The van der Waals surface area contributed by atoms with Crippen LogP contribution in [-0.4, -0.2) is 78.9 Å². The fraction of sp³-hybridized carbons (Fsp3) is 0.943. The first-order valence-corrected chi connectivity index (χ1v) is 26.5. The average molecular weight is 865 g/mol. The lowest BCUT2D eigenvalue weighted by atomic mass is 10.0. The predicted molar refractivity (Wildman–Crippen MR) is 259 cm³/mol. The zero-order valence-electron chi connectivity index (χ0n) is 42.1. The topological polar surface area (TPSA) is 85.4 Å². The maximum atomic E-state index is 12.9. The number of esters is 2. The minimum absolute atomic E-state index is 0.00774. The Bertz CT molecular complexity index is 984. The van der Waals surface area contributed by atoms with Gasteiger partial charge in [0.2, 0.25) is 0 Å². The molecular weight excluding hydrogens is 761 g/mol. The van der Waals surface area contributed by atoms with E-state index < -0.39 is 5.60 Å². The minimum atomic E-state index is -0.494. The van der Waals surface area contributed by atoms with Gasteiger partial charge in [-0.15, -0.1) is 0 Å². The molecule has 0 aliphatic rings. The van der Waals surface area contributed by atoms with Crippen molar-refractivity contribution in [3.8, 4) is 0 Å². The molecule has 8 heteroatoms. The number of ether oxygens (including phenoxy) is 3. The minimum Gasteiger partial charge on any atom is -0.462 e. The highest BCUT2D eigenvalue weighted by Gasteiger charge is 2.20. The third-order valence-electron chi connectivity index (χ3n) is 12.1. The molecule has 0 aromatic heterocycles. The summed E-state index contributed by atoms with van der Waals surface area (Å²) in [5.41, 5.74) is -0.494. The Morgan fingerprint density at radius 2 is 0.770 bits per heavy atom. The molecule has 61 heavy (non-hydrogen) atoms. The number of unbranched alkanes of at least 4 members (excludes halogenated alkanes) is 23. The second kappa shape index (κ2) is 42.1. The van der Waals surface area contributed by atoms with Gasteiger partial charge >= 0.3 is 18.0 Å². The summed E-state index contributed by atoms with van der Waals surface area (Å²) >= 11 is 0. The number of nitrogens with zero attached hydrogens (tertiary/aromatic N) is 2. The van der Waals surface area contributed by atoms with Crippen LogP contribution in [0.25, 0.3) is 0 Å². The second-order valence-electron chi connectivity index (χ2n) is 19.4. The van der Waals surface area contributed by atoms with Crippen molar-refractivity contribution in [2.24, 2.45) is 0 Å². The monoisotopic (exact) mass is 865 g/mol. The van der Waals surface area contributed by atoms with Crippen molar-refractivity contribution in [2.45, 2.75) is 291 Å². The summed E-state index contributed by atoms with van der Waals surface area (Å²) in [6.45, 7) is 18.4. The molecule has 0 aliphatic heterocycles. The van der Waals surface area contributed by atoms with Crippen LogP contribution >= 0.6 is 0 Å². The molecule has 8 nitrogen and oxygen atoms in total. The van der Waals surface area contributed by atoms with Gasteiger partial charge in [-0.3, -0.25) is 9.59 Å². The van der Waals surface area contributed by atoms with Crippen LogP contribution in [0.3, 0.4) is 0 Å². The molecule has 0 spiro atoms. The van der Waals surface area contributed by atoms with Gasteiger partial charge in [0, 0.05) is 26.4 Å². The van der Waals surface area contributed by atoms with Crippen LogP contribution in [0, 0.1) is 0 Å². The maximum absolute atomic E-state index is 12.9. The van der Waals surface area contributed by atoms with Crippen molar-refractivity contribution < 1.29 is 28.6 Å². The number of hydrogen-bond donors (Lipinski definition) is 0. The normalized spacial score (nSPS) is 12.3. The second-order valence-corrected chi connectivity index (χ2v) is 19.4. The van der Waals surface area contributed by atoms with Crippen LogP contribution in [0.2, 0.25) is 0 Å². The third kappa shape index (κ3) is 40.7. The first-order chi connectivity index (χ1) is 29.4. The Morgan fingerprint density at radius 1 is 0.426 bits per heavy atom. The van der Waals surface area contributed by atoms with E-state index in [0.29, 0.717) is 19.4 Å². The Kier molecular flexibility index (Phi) is 40.9. The van der Waals surface area contributed by atoms with Gasteiger partial charge in [0.25, 0.3) is 0 Å². The van der Waals surface area contributed by atoms with E-state index in [-0.39, 0.29) is 30.2 Å². The van der Waals surface area contributed by atoms with Gasteiger partial charge in [-0.05, 0) is 117 Å². The van der Waals surface area contributed by atoms with Crippen molar-refractivity contribution in [2.75, 3.05) is 33.2 Å². The van der Waals surface area contributed by atoms with E-state index in [0.717, 1.165) is 122 Å². The number of amides is 1. The highest BCUT2D eigenvalue weighted by molar-refractivity contribution is 5.70. The molecular formula is C53H104N2O6. The number of hydrogen-bond acceptors (Lipinski definition) is 7. The van der Waals surface area contributed by atoms with E-state index in [1.165, 1.54) is 109 Å². The molecule has 0 N–H and O–H groups in total. The third-order valence-corrected chi connectivity index (χ3v) is 12.1. The number of rotatable bonds is 44. The van der Waals surface area contributed by atoms with Crippen LogP contribution in [0.15, 0.2) is 0 Å². The largest absolute Gasteiger partial charge is 0.462 e. The Labute approximate surface area is 379 Å². The summed E-state index contributed by atoms with van der Waals surface area (Å²) in [6.07, 6.45) is 39.6. The van der Waals surface area contributed by atoms with Gasteiger partial charge < -0.3 is 24.0 Å². The Hall–Kier alpha value is -1.83. The van der Waals surface area contributed by atoms with Gasteiger partial charge in [-0.1, -0.05) is 163 Å². The molecule has 0 aromatic rings. The summed E-state index contributed by atoms with van der Waals surface area (Å²) in [7, 11) is 1.83. The van der Waals surface area contributed by atoms with Gasteiger partial charge in [0.15, 0.2) is 0 Å². The smallest absolute Gasteiger partial charge is 0.410 e. The SMILES string of the molecule is CCCCCCCCC(CC)OC(=O)CCCCCCCN(CCCCCCCC(=O)OC(CCCCCCCC)CCCCCCCC)CCCN(C)C(=O)OC(C)(C)C. The number of carbonyl (C=O) groups is 3. The molecule has 0 rings (SSSR count). The molecule has 0 heterocycles. The van der Waals surface area contributed by atoms with E-state index in [1.807, 2.05) is 27.8 Å². The van der Waals surface area contributed by atoms with E-state index in [2.05, 4.69) is 32.6 Å². The molecule has 0 aliphatic carbocycles. The lowest BCUT2D eigenvalue weighted by Crippen LogP contribution is -2.36. The van der Waals surface area contributed by atoms with E-state index in [9.17, 15) is 14.4 Å². The number of carbonyl (C=O) groups excluding carboxylic acids is 3. The molecule has 0 aromatic carbocycles. The summed E-state index contributed by atoms with van der Waals surface area (Å²) < 4.78 is 17.5. The standard InChI is InChI=1S/C53H104N2O6/c1-9-13-16-19-24-31-39-48(12-4)59-50(56)42-34-27-22-29-36-45-55(47-38-44-54(8)52(58)61-53(5,6)7)46-37-30-23-28-35-43-51(57)60-49(40-32-25-20-17-14-10-2)41-33-26-21-18-15-11-3/h48-49H,9-47H2,1-8H3. The lowest BCUT2D eigenvalue weighted by molar-refractivity contribution is -0.150. The molecule has 0 bridgehead atoms. The molecule has 1 atom stereocenters. The quantitative estimate of drug-likeness (QED) is 0.0342. The van der Waals surface area contributed by atoms with Crippen LogP contribution in [0.1, 0.15) is 273 Å². The summed E-state index contributed by atoms with van der Waals surface area (Å²) in [5.74, 6) is -0.0140. The Morgan fingerprint density at radius 3 is 1.18 bits per heavy atom. The van der Waals surface area contributed by atoms with E-state index >= 15 is 0 Å². The van der Waals surface area contributed by atoms with Crippen molar-refractivity contribution in [3.05, 3.63) is 0 Å². The van der Waals surface area contributed by atoms with E-state index in [4.69, 9.17) is 14.2 Å². The molecule has 1 amide bonds. The summed E-state index contributed by atoms with van der Waals surface area (Å²) in [5, 5.41) is 0. The average Bonchev–Trinajstić information content (AvgIpc) is 3.22. The van der Waals surface area contributed by atoms with Gasteiger partial charge in [0.1, 0.15) is 17.8 Å². The summed E-state index contributed by atoms with van der Waals surface area (Å²) in [4.78, 5) is 42.2. The zero-order chi connectivity index (χ0) is 45.2. The fourth-order valence-corrected chi connectivity index (χ4v) is 8.12. The summed E-state index contributed by atoms with van der Waals surface area (Å²) in [6, 6.07) is 0. The van der Waals surface area contributed by atoms with Gasteiger partial charge in [0.05, 0.1) is 0 Å². The van der Waals surface area contributed by atoms with Crippen molar-refractivity contribution in [3.63, 3.8) is 0 Å². The van der Waals surface area contributed by atoms with E-state index in [1.54, 1.807) is 4.90 Å². The predicted octanol–water partition coefficient (Wildman–Crippen LogP) is 15.7. The van der Waals surface area contributed by atoms with Crippen LogP contribution in [0.5, 0.6) is 0 Å². The zero-order valence-corrected chi connectivity index (χ0v) is 42.1. The highest BCUT2D eigenvalue weighted by atomic mass is 16.6. The highest BCUT2D eigenvalue weighted by Crippen LogP contribution is 2.19. The van der Waals surface area contributed by atoms with Crippen LogP contribution in [-0.2, 0) is 23.8 Å². The van der Waals surface area contributed by atoms with Gasteiger partial charge in [-0.2, -0.15) is 0 Å². The molecule has 0 saturated heterocycles. The van der Waals surface area contributed by atoms with Crippen LogP contribution in [0.4, 0.5) is 4.79 Å². The van der Waals surface area contributed by atoms with Crippen LogP contribution < -0.4 is 0 Å². The molecule has 0 radical (unpaired) electrons. The fourth-order valence-electron chi connectivity index (χ4n) is 8.12. The van der Waals surface area contributed by atoms with Crippen molar-refractivity contribution in [1.29, 1.82) is 0 Å². The molecule has 362 valence electrons. The Balaban J connectivity index is 4.64. The molecule has 0 saturated carbocycles. The van der Waals surface area contributed by atoms with Crippen molar-refractivity contribution >= 4 is 18.0 Å². The first kappa shape index (κ1) is 59.2. The lowest BCUT2D eigenvalue weighted by Gasteiger charge is -2.26. The molecule has 0 fully saturated rings. The van der Waals surface area contributed by atoms with Crippen molar-refractivity contribution in [1.82, 2.24) is 9.80 Å². The molecule has 1 unspecified atom stereocenters. The van der Waals surface area contributed by atoms with Gasteiger partial charge in [-0.25, -0.2) is 4.79 Å². The maximum Gasteiger partial charge on any atom is 0.410 e. The first-order valence-electron chi connectivity index (χ1n) is 26.5.